The number of benzene rings is 2. The summed E-state index contributed by atoms with van der Waals surface area (Å²) in [5.74, 6) is -4.74. The van der Waals surface area contributed by atoms with Gasteiger partial charge in [-0.05, 0) is 64.0 Å². The lowest BCUT2D eigenvalue weighted by molar-refractivity contribution is -0.121. The van der Waals surface area contributed by atoms with Crippen molar-refractivity contribution in [1.29, 1.82) is 0 Å². The molecular formula is C35H36F4N2O. The van der Waals surface area contributed by atoms with E-state index in [2.05, 4.69) is 9.80 Å². The Morgan fingerprint density at radius 2 is 0.929 bits per heavy atom. The Bertz CT molecular complexity index is 1310. The third-order valence-electron chi connectivity index (χ3n) is 9.41. The van der Waals surface area contributed by atoms with Crippen LogP contribution in [0, 0.1) is 35.1 Å². The molecule has 6 rings (SSSR count). The van der Waals surface area contributed by atoms with Crippen LogP contribution < -0.4 is 0 Å². The zero-order chi connectivity index (χ0) is 29.3. The number of hydrogen-bond donors (Lipinski definition) is 0. The van der Waals surface area contributed by atoms with Crippen molar-refractivity contribution < 1.29 is 22.4 Å². The van der Waals surface area contributed by atoms with Gasteiger partial charge in [0.25, 0.3) is 0 Å². The zero-order valence-electron chi connectivity index (χ0n) is 23.6. The number of hydrogen-bond acceptors (Lipinski definition) is 3. The number of carbonyl (C=O) groups excluding carboxylic acids is 1. The van der Waals surface area contributed by atoms with Crippen molar-refractivity contribution in [3.63, 3.8) is 0 Å². The normalized spacial score (nSPS) is 30.1. The number of halogens is 4. The second-order valence-corrected chi connectivity index (χ2v) is 11.8. The largest absolute Gasteiger partial charge is 0.298 e. The Morgan fingerprint density at radius 3 is 1.29 bits per heavy atom. The fourth-order valence-electron chi connectivity index (χ4n) is 7.12. The summed E-state index contributed by atoms with van der Waals surface area (Å²) in [6.07, 6.45) is 20.6. The standard InChI is InChI=1S/C35H36F4N2O/c36-29-11-7-9-27(31(29)38)34(40-21-3-1-4-22-40)17-13-25(14-18-34)33(42)26-15-19-35(20-16-26,41-23-5-2-6-24-41)28-10-8-12-30(37)32(28)39/h7-20,25-26H,1-6,21-24H2. The summed E-state index contributed by atoms with van der Waals surface area (Å²) in [6, 6.07) is 8.50. The van der Waals surface area contributed by atoms with Gasteiger partial charge < -0.3 is 0 Å². The molecule has 0 radical (unpaired) electrons. The molecule has 0 amide bonds. The second-order valence-electron chi connectivity index (χ2n) is 11.8. The van der Waals surface area contributed by atoms with Gasteiger partial charge in [0.15, 0.2) is 29.1 Å². The van der Waals surface area contributed by atoms with E-state index in [9.17, 15) is 13.6 Å². The first-order valence-corrected chi connectivity index (χ1v) is 15.1. The molecule has 42 heavy (non-hydrogen) atoms. The maximum atomic E-state index is 15.1. The summed E-state index contributed by atoms with van der Waals surface area (Å²) in [4.78, 5) is 18.1. The van der Waals surface area contributed by atoms with E-state index in [1.807, 2.05) is 24.3 Å². The number of carbonyl (C=O) groups is 1. The molecule has 3 nitrogen and oxygen atoms in total. The monoisotopic (exact) mass is 576 g/mol. The van der Waals surface area contributed by atoms with Crippen LogP contribution in [0.4, 0.5) is 17.6 Å². The van der Waals surface area contributed by atoms with E-state index in [1.54, 1.807) is 36.4 Å². The van der Waals surface area contributed by atoms with Crippen LogP contribution in [0.1, 0.15) is 49.7 Å². The molecule has 0 saturated carbocycles. The van der Waals surface area contributed by atoms with Gasteiger partial charge in [0.2, 0.25) is 0 Å². The Kier molecular flexibility index (Phi) is 8.07. The fraction of sp³-hybridized carbons (Fsp3) is 0.400. The molecule has 2 aliphatic heterocycles. The summed E-state index contributed by atoms with van der Waals surface area (Å²) in [6.45, 7) is 2.97. The van der Waals surface area contributed by atoms with E-state index < -0.39 is 46.2 Å². The lowest BCUT2D eigenvalue weighted by Gasteiger charge is -2.45. The van der Waals surface area contributed by atoms with Crippen LogP contribution in [0.3, 0.4) is 0 Å². The molecule has 2 aliphatic carbocycles. The molecule has 2 aromatic carbocycles. The number of Topliss-reactive ketones (excluding diaryl/α,β-unsaturated/α-hetero) is 1. The van der Waals surface area contributed by atoms with Crippen LogP contribution in [0.25, 0.3) is 0 Å². The van der Waals surface area contributed by atoms with E-state index in [0.717, 1.165) is 76.8 Å². The Balaban J connectivity index is 1.28. The first-order chi connectivity index (χ1) is 20.4. The van der Waals surface area contributed by atoms with Gasteiger partial charge in [-0.15, -0.1) is 0 Å². The lowest BCUT2D eigenvalue weighted by atomic mass is 9.76. The molecule has 0 bridgehead atoms. The molecule has 2 heterocycles. The van der Waals surface area contributed by atoms with Crippen LogP contribution in [0.5, 0.6) is 0 Å². The van der Waals surface area contributed by atoms with Gasteiger partial charge in [0.05, 0.1) is 22.9 Å². The molecule has 220 valence electrons. The van der Waals surface area contributed by atoms with Crippen molar-refractivity contribution in [2.24, 2.45) is 11.8 Å². The summed E-state index contributed by atoms with van der Waals surface area (Å²) >= 11 is 0. The Morgan fingerprint density at radius 1 is 0.571 bits per heavy atom. The smallest absolute Gasteiger partial charge is 0.164 e. The average Bonchev–Trinajstić information content (AvgIpc) is 3.04. The van der Waals surface area contributed by atoms with Crippen molar-refractivity contribution in [3.05, 3.63) is 119 Å². The van der Waals surface area contributed by atoms with Crippen molar-refractivity contribution in [3.8, 4) is 0 Å². The number of piperidine rings is 2. The molecule has 2 aromatic rings. The minimum atomic E-state index is -0.972. The Labute approximate surface area is 244 Å². The number of allylic oxidation sites excluding steroid dienone is 4. The third kappa shape index (κ3) is 5.01. The minimum absolute atomic E-state index is 0.0751. The highest BCUT2D eigenvalue weighted by Gasteiger charge is 2.42. The predicted octanol–water partition coefficient (Wildman–Crippen LogP) is 7.36. The predicted molar refractivity (Wildman–Crippen MR) is 155 cm³/mol. The number of ketones is 1. The van der Waals surface area contributed by atoms with Crippen LogP contribution in [0.2, 0.25) is 0 Å². The second kappa shape index (κ2) is 11.8. The quantitative estimate of drug-likeness (QED) is 0.265. The van der Waals surface area contributed by atoms with Gasteiger partial charge in [-0.2, -0.15) is 0 Å². The molecule has 7 heteroatoms. The summed E-state index contributed by atoms with van der Waals surface area (Å²) in [5, 5.41) is 0. The van der Waals surface area contributed by atoms with Crippen molar-refractivity contribution in [1.82, 2.24) is 9.80 Å². The molecule has 4 aliphatic rings. The Hall–Kier alpha value is -3.29. The summed E-state index contributed by atoms with van der Waals surface area (Å²) < 4.78 is 58.9. The zero-order valence-corrected chi connectivity index (χ0v) is 23.6. The van der Waals surface area contributed by atoms with E-state index in [4.69, 9.17) is 0 Å². The molecular weight excluding hydrogens is 540 g/mol. The van der Waals surface area contributed by atoms with Gasteiger partial charge in [-0.1, -0.05) is 85.7 Å². The molecule has 2 saturated heterocycles. The van der Waals surface area contributed by atoms with Gasteiger partial charge in [-0.3, -0.25) is 14.6 Å². The van der Waals surface area contributed by atoms with Crippen LogP contribution >= 0.6 is 0 Å². The van der Waals surface area contributed by atoms with E-state index in [1.165, 1.54) is 12.1 Å². The van der Waals surface area contributed by atoms with E-state index >= 15 is 8.78 Å². The average molecular weight is 577 g/mol. The SMILES string of the molecule is O=C(C1C=CC(c2cccc(F)c2F)(N2CCCCC2)C=C1)C1C=CC(c2cccc(F)c2F)(N2CCCCC2)C=C1. The first-order valence-electron chi connectivity index (χ1n) is 15.1. The van der Waals surface area contributed by atoms with Crippen molar-refractivity contribution >= 4 is 5.78 Å². The summed E-state index contributed by atoms with van der Waals surface area (Å²) in [7, 11) is 0. The maximum Gasteiger partial charge on any atom is 0.164 e. The fourth-order valence-corrected chi connectivity index (χ4v) is 7.12. The highest BCUT2D eigenvalue weighted by molar-refractivity contribution is 5.90. The van der Waals surface area contributed by atoms with Gasteiger partial charge in [-0.25, -0.2) is 17.6 Å². The lowest BCUT2D eigenvalue weighted by Crippen LogP contribution is -2.48. The van der Waals surface area contributed by atoms with Crippen molar-refractivity contribution in [2.75, 3.05) is 26.2 Å². The molecule has 0 aromatic heterocycles. The minimum Gasteiger partial charge on any atom is -0.298 e. The molecule has 0 atom stereocenters. The third-order valence-corrected chi connectivity index (χ3v) is 9.41. The van der Waals surface area contributed by atoms with Crippen LogP contribution in [-0.4, -0.2) is 41.8 Å². The molecule has 0 N–H and O–H groups in total. The van der Waals surface area contributed by atoms with E-state index in [0.29, 0.717) is 0 Å². The number of rotatable bonds is 6. The van der Waals surface area contributed by atoms with Crippen LogP contribution in [-0.2, 0) is 15.9 Å². The molecule has 2 fully saturated rings. The van der Waals surface area contributed by atoms with Gasteiger partial charge >= 0.3 is 0 Å². The summed E-state index contributed by atoms with van der Waals surface area (Å²) in [5.41, 5.74) is -1.47. The molecule has 0 spiro atoms. The highest BCUT2D eigenvalue weighted by atomic mass is 19.2. The molecule has 0 unspecified atom stereocenters. The van der Waals surface area contributed by atoms with E-state index in [-0.39, 0.29) is 16.9 Å². The maximum absolute atomic E-state index is 15.1. The van der Waals surface area contributed by atoms with Crippen LogP contribution in [0.15, 0.2) is 85.0 Å². The topological polar surface area (TPSA) is 23.6 Å². The van der Waals surface area contributed by atoms with Crippen molar-refractivity contribution in [2.45, 2.75) is 49.6 Å². The first kappa shape index (κ1) is 28.8. The number of nitrogens with zero attached hydrogens (tertiary/aromatic N) is 2. The van der Waals surface area contributed by atoms with Gasteiger partial charge in [0, 0.05) is 11.1 Å². The number of likely N-dealkylation sites (tertiary alicyclic amines) is 2. The highest BCUT2D eigenvalue weighted by Crippen LogP contribution is 2.42. The van der Waals surface area contributed by atoms with Gasteiger partial charge in [0.1, 0.15) is 0 Å².